The van der Waals surface area contributed by atoms with Crippen LogP contribution in [0.2, 0.25) is 0 Å². The smallest absolute Gasteiger partial charge is 0.152 e. The topological polar surface area (TPSA) is 41.0 Å². The van der Waals surface area contributed by atoms with Crippen LogP contribution in [0.3, 0.4) is 0 Å². The minimum absolute atomic E-state index is 0.151. The lowest BCUT2D eigenvalue weighted by molar-refractivity contribution is 0.296. The summed E-state index contributed by atoms with van der Waals surface area (Å²) in [4.78, 5) is 0. The Morgan fingerprint density at radius 3 is 2.28 bits per heavy atom. The lowest BCUT2D eigenvalue weighted by Crippen LogP contribution is -2.45. The predicted octanol–water partition coefficient (Wildman–Crippen LogP) is 10.0. The molecule has 8 aromatic rings. The van der Waals surface area contributed by atoms with E-state index in [1.165, 1.54) is 75.4 Å². The average molecular weight is 629 g/mol. The van der Waals surface area contributed by atoms with E-state index in [0.29, 0.717) is 13.1 Å². The Balaban J connectivity index is 1.20. The van der Waals surface area contributed by atoms with Crippen LogP contribution in [0.1, 0.15) is 42.4 Å². The predicted molar refractivity (Wildman–Crippen MR) is 199 cm³/mol. The van der Waals surface area contributed by atoms with E-state index in [0.717, 1.165) is 0 Å². The van der Waals surface area contributed by atoms with E-state index in [1.54, 1.807) is 0 Å². The zero-order valence-corrected chi connectivity index (χ0v) is 27.4. The molecule has 1 aliphatic rings. The second-order valence-corrected chi connectivity index (χ2v) is 14.2. The molecule has 6 aromatic carbocycles. The van der Waals surface area contributed by atoms with Gasteiger partial charge >= 0.3 is 0 Å². The summed E-state index contributed by atoms with van der Waals surface area (Å²) in [7, 11) is 0. The molecule has 2 aromatic heterocycles. The average Bonchev–Trinajstić information content (AvgIpc) is 3.73. The van der Waals surface area contributed by atoms with E-state index in [2.05, 4.69) is 168 Å². The van der Waals surface area contributed by atoms with Gasteiger partial charge in [-0.05, 0) is 45.5 Å². The van der Waals surface area contributed by atoms with Crippen LogP contribution in [-0.2, 0) is 18.5 Å². The number of rotatable bonds is 8. The molecule has 0 amide bonds. The van der Waals surface area contributed by atoms with Crippen molar-refractivity contribution < 1.29 is 0 Å². The molecule has 4 nitrogen and oxygen atoms in total. The Kier molecular flexibility index (Phi) is 6.77. The van der Waals surface area contributed by atoms with Crippen molar-refractivity contribution in [1.82, 2.24) is 20.7 Å². The highest BCUT2D eigenvalue weighted by Gasteiger charge is 2.38. The van der Waals surface area contributed by atoms with Gasteiger partial charge in [0, 0.05) is 49.4 Å². The van der Waals surface area contributed by atoms with Crippen molar-refractivity contribution in [2.45, 2.75) is 38.6 Å². The first-order valence-corrected chi connectivity index (χ1v) is 17.2. The minimum atomic E-state index is -0.239. The molecule has 9 rings (SSSR count). The van der Waals surface area contributed by atoms with E-state index in [-0.39, 0.29) is 11.7 Å². The van der Waals surface area contributed by atoms with Gasteiger partial charge in [-0.3, -0.25) is 10.7 Å². The fourth-order valence-corrected chi connectivity index (χ4v) is 9.03. The van der Waals surface area contributed by atoms with Crippen molar-refractivity contribution in [3.05, 3.63) is 156 Å². The summed E-state index contributed by atoms with van der Waals surface area (Å²) >= 11 is 1.88. The van der Waals surface area contributed by atoms with E-state index in [4.69, 9.17) is 0 Å². The molecule has 0 bridgehead atoms. The summed E-state index contributed by atoms with van der Waals surface area (Å²) in [6, 6.07) is 48.5. The zero-order valence-electron chi connectivity index (χ0n) is 26.5. The zero-order chi connectivity index (χ0) is 31.5. The van der Waals surface area contributed by atoms with Crippen molar-refractivity contribution in [2.75, 3.05) is 0 Å². The third-order valence-corrected chi connectivity index (χ3v) is 11.3. The summed E-state index contributed by atoms with van der Waals surface area (Å²) in [5.74, 6) is 0. The SMILES string of the molecule is CC1(C)c2ccccc2-c2ccc3c4ccccc4n(C(NCc4cccc5c4sc4ccccc45)NNCc4ccccc4)c3c21. The molecular weight excluding hydrogens is 593 g/mol. The van der Waals surface area contributed by atoms with E-state index in [1.807, 2.05) is 11.3 Å². The summed E-state index contributed by atoms with van der Waals surface area (Å²) in [5.41, 5.74) is 17.6. The molecule has 1 unspecified atom stereocenters. The number of fused-ring (bicyclic) bond motifs is 10. The number of hydrogen-bond donors (Lipinski definition) is 3. The van der Waals surface area contributed by atoms with Crippen LogP contribution in [0, 0.1) is 0 Å². The van der Waals surface area contributed by atoms with Crippen LogP contribution < -0.4 is 16.2 Å². The monoisotopic (exact) mass is 628 g/mol. The van der Waals surface area contributed by atoms with Gasteiger partial charge in [0.15, 0.2) is 6.29 Å². The van der Waals surface area contributed by atoms with Crippen LogP contribution >= 0.6 is 11.3 Å². The normalized spacial score (nSPS) is 14.3. The van der Waals surface area contributed by atoms with E-state index >= 15 is 0 Å². The van der Waals surface area contributed by atoms with Crippen LogP contribution in [0.15, 0.2) is 133 Å². The molecule has 230 valence electrons. The molecule has 47 heavy (non-hydrogen) atoms. The maximum absolute atomic E-state index is 3.98. The summed E-state index contributed by atoms with van der Waals surface area (Å²) in [6.45, 7) is 6.17. The molecule has 0 fully saturated rings. The van der Waals surface area contributed by atoms with Gasteiger partial charge in [-0.25, -0.2) is 5.43 Å². The second kappa shape index (κ2) is 11.2. The van der Waals surface area contributed by atoms with Crippen molar-refractivity contribution in [2.24, 2.45) is 0 Å². The Hall–Kier alpha value is -4.78. The van der Waals surface area contributed by atoms with Crippen molar-refractivity contribution in [1.29, 1.82) is 0 Å². The maximum atomic E-state index is 3.98. The maximum Gasteiger partial charge on any atom is 0.152 e. The first kappa shape index (κ1) is 28.4. The van der Waals surface area contributed by atoms with Gasteiger partial charge in [0.05, 0.1) is 11.0 Å². The standard InChI is InChI=1S/C42H36N4S/c1-42(2)35-20-9-6-16-29(35)32-23-24-33-30-17-7-10-21-36(30)46(39(33)38(32)42)41(45-44-25-27-13-4-3-5-14-27)43-26-28-15-12-19-34-31-18-8-11-22-37(31)47-40(28)34/h3-24,41,43-45H,25-26H2,1-2H3. The number of hydrogen-bond acceptors (Lipinski definition) is 4. The molecular formula is C42H36N4S. The Morgan fingerprint density at radius 2 is 1.38 bits per heavy atom. The summed E-state index contributed by atoms with van der Waals surface area (Å²) in [5, 5.41) is 9.18. The van der Waals surface area contributed by atoms with Crippen LogP contribution in [-0.4, -0.2) is 4.57 Å². The van der Waals surface area contributed by atoms with Gasteiger partial charge in [-0.2, -0.15) is 0 Å². The first-order chi connectivity index (χ1) is 23.1. The van der Waals surface area contributed by atoms with Crippen LogP contribution in [0.25, 0.3) is 53.1 Å². The molecule has 3 N–H and O–H groups in total. The van der Waals surface area contributed by atoms with E-state index < -0.39 is 0 Å². The molecule has 0 aliphatic heterocycles. The fraction of sp³-hybridized carbons (Fsp3) is 0.143. The number of hydrazine groups is 1. The molecule has 0 spiro atoms. The highest BCUT2D eigenvalue weighted by Crippen LogP contribution is 2.52. The molecule has 1 aliphatic carbocycles. The third-order valence-electron chi connectivity index (χ3n) is 9.99. The quantitative estimate of drug-likeness (QED) is 0.116. The Labute approximate surface area is 278 Å². The minimum Gasteiger partial charge on any atom is -0.310 e. The largest absolute Gasteiger partial charge is 0.310 e. The molecule has 2 heterocycles. The van der Waals surface area contributed by atoms with Gasteiger partial charge in [-0.1, -0.05) is 135 Å². The first-order valence-electron chi connectivity index (χ1n) is 16.4. The Bertz CT molecular complexity index is 2440. The van der Waals surface area contributed by atoms with Gasteiger partial charge < -0.3 is 4.57 Å². The van der Waals surface area contributed by atoms with E-state index in [9.17, 15) is 0 Å². The molecule has 0 saturated heterocycles. The highest BCUT2D eigenvalue weighted by atomic mass is 32.1. The molecule has 1 atom stereocenters. The van der Waals surface area contributed by atoms with Crippen molar-refractivity contribution in [3.63, 3.8) is 0 Å². The number of thiophene rings is 1. The lowest BCUT2D eigenvalue weighted by Gasteiger charge is -2.28. The number of nitrogens with one attached hydrogen (secondary N) is 3. The van der Waals surface area contributed by atoms with Crippen molar-refractivity contribution in [3.8, 4) is 11.1 Å². The summed E-state index contributed by atoms with van der Waals surface area (Å²) < 4.78 is 5.17. The number of aromatic nitrogens is 1. The summed E-state index contributed by atoms with van der Waals surface area (Å²) in [6.07, 6.45) is -0.239. The highest BCUT2D eigenvalue weighted by molar-refractivity contribution is 7.26. The van der Waals surface area contributed by atoms with Crippen molar-refractivity contribution >= 4 is 53.3 Å². The molecule has 5 heteroatoms. The number of nitrogens with zero attached hydrogens (tertiary/aromatic N) is 1. The van der Waals surface area contributed by atoms with Gasteiger partial charge in [0.1, 0.15) is 0 Å². The third kappa shape index (κ3) is 4.54. The molecule has 0 radical (unpaired) electrons. The van der Waals surface area contributed by atoms with Crippen LogP contribution in [0.4, 0.5) is 0 Å². The fourth-order valence-electron chi connectivity index (χ4n) is 7.82. The van der Waals surface area contributed by atoms with Gasteiger partial charge in [0.25, 0.3) is 0 Å². The van der Waals surface area contributed by atoms with Crippen LogP contribution in [0.5, 0.6) is 0 Å². The van der Waals surface area contributed by atoms with Gasteiger partial charge in [0.2, 0.25) is 0 Å². The number of benzene rings is 6. The Morgan fingerprint density at radius 1 is 0.638 bits per heavy atom. The second-order valence-electron chi connectivity index (χ2n) is 13.1. The molecule has 0 saturated carbocycles. The van der Waals surface area contributed by atoms with Gasteiger partial charge in [-0.15, -0.1) is 11.3 Å². The number of para-hydroxylation sites is 1. The lowest BCUT2D eigenvalue weighted by atomic mass is 9.81.